The topological polar surface area (TPSA) is 70.6 Å². The van der Waals surface area contributed by atoms with Gasteiger partial charge >= 0.3 is 0 Å². The van der Waals surface area contributed by atoms with Crippen LogP contribution in [0.3, 0.4) is 0 Å². The third-order valence-electron chi connectivity index (χ3n) is 5.20. The normalized spacial score (nSPS) is 18.5. The number of halogens is 2. The zero-order chi connectivity index (χ0) is 20.6. The van der Waals surface area contributed by atoms with Gasteiger partial charge in [0.25, 0.3) is 0 Å². The number of anilines is 1. The van der Waals surface area contributed by atoms with E-state index in [2.05, 4.69) is 4.98 Å². The van der Waals surface area contributed by atoms with Gasteiger partial charge in [-0.05, 0) is 43.2 Å². The maximum absolute atomic E-state index is 13.2. The summed E-state index contributed by atoms with van der Waals surface area (Å²) in [5.74, 6) is 0.638. The van der Waals surface area contributed by atoms with Gasteiger partial charge in [0.2, 0.25) is 15.9 Å². The van der Waals surface area contributed by atoms with Crippen LogP contribution in [-0.4, -0.2) is 49.0 Å². The SMILES string of the molecule is O=C(C1CCN(S(=O)(=O)c2cccnc2Cl)CC1)N1CCSc2ccc(Cl)cc21. The Hall–Kier alpha value is -1.32. The Bertz CT molecular complexity index is 1040. The van der Waals surface area contributed by atoms with Crippen LogP contribution in [0.4, 0.5) is 5.69 Å². The Morgan fingerprint density at radius 2 is 1.90 bits per heavy atom. The van der Waals surface area contributed by atoms with Crippen LogP contribution in [0.1, 0.15) is 12.8 Å². The molecular weight excluding hydrogens is 453 g/mol. The molecule has 0 radical (unpaired) electrons. The fourth-order valence-electron chi connectivity index (χ4n) is 3.69. The molecule has 0 atom stereocenters. The molecule has 1 aromatic heterocycles. The number of sulfonamides is 1. The summed E-state index contributed by atoms with van der Waals surface area (Å²) in [7, 11) is -3.73. The average molecular weight is 472 g/mol. The van der Waals surface area contributed by atoms with Crippen molar-refractivity contribution in [3.63, 3.8) is 0 Å². The molecule has 154 valence electrons. The van der Waals surface area contributed by atoms with Crippen molar-refractivity contribution in [2.75, 3.05) is 30.3 Å². The van der Waals surface area contributed by atoms with Crippen molar-refractivity contribution in [1.29, 1.82) is 0 Å². The fraction of sp³-hybridized carbons (Fsp3) is 0.368. The van der Waals surface area contributed by atoms with Crippen molar-refractivity contribution < 1.29 is 13.2 Å². The molecule has 0 N–H and O–H groups in total. The minimum atomic E-state index is -3.73. The summed E-state index contributed by atoms with van der Waals surface area (Å²) in [6, 6.07) is 8.59. The molecule has 6 nitrogen and oxygen atoms in total. The van der Waals surface area contributed by atoms with Crippen LogP contribution >= 0.6 is 35.0 Å². The number of thioether (sulfide) groups is 1. The first-order chi connectivity index (χ1) is 13.9. The van der Waals surface area contributed by atoms with E-state index in [-0.39, 0.29) is 35.0 Å². The van der Waals surface area contributed by atoms with E-state index < -0.39 is 10.0 Å². The van der Waals surface area contributed by atoms with Gasteiger partial charge in [0.1, 0.15) is 10.0 Å². The summed E-state index contributed by atoms with van der Waals surface area (Å²) in [6.07, 6.45) is 2.39. The molecule has 0 aliphatic carbocycles. The van der Waals surface area contributed by atoms with Crippen LogP contribution in [0.25, 0.3) is 0 Å². The lowest BCUT2D eigenvalue weighted by atomic mass is 9.96. The molecule has 3 heterocycles. The molecule has 1 amide bonds. The second-order valence-electron chi connectivity index (χ2n) is 6.92. The van der Waals surface area contributed by atoms with Crippen LogP contribution in [0.2, 0.25) is 10.2 Å². The molecule has 29 heavy (non-hydrogen) atoms. The number of pyridine rings is 1. The molecule has 0 unspecified atom stereocenters. The van der Waals surface area contributed by atoms with Crippen molar-refractivity contribution in [2.24, 2.45) is 5.92 Å². The van der Waals surface area contributed by atoms with E-state index >= 15 is 0 Å². The Labute approximate surface area is 184 Å². The second kappa shape index (κ2) is 8.43. The van der Waals surface area contributed by atoms with E-state index in [1.807, 2.05) is 18.2 Å². The number of carbonyl (C=O) groups excluding carboxylic acids is 1. The predicted molar refractivity (Wildman–Crippen MR) is 115 cm³/mol. The van der Waals surface area contributed by atoms with Gasteiger partial charge in [0.15, 0.2) is 0 Å². The lowest BCUT2D eigenvalue weighted by Crippen LogP contribution is -2.45. The van der Waals surface area contributed by atoms with Gasteiger partial charge in [0.05, 0.1) is 5.69 Å². The van der Waals surface area contributed by atoms with Crippen LogP contribution in [0.5, 0.6) is 0 Å². The summed E-state index contributed by atoms with van der Waals surface area (Å²) in [4.78, 5) is 19.9. The minimum absolute atomic E-state index is 0.00284. The zero-order valence-corrected chi connectivity index (χ0v) is 18.6. The van der Waals surface area contributed by atoms with Gasteiger partial charge < -0.3 is 4.90 Å². The fourth-order valence-corrected chi connectivity index (χ4v) is 6.73. The smallest absolute Gasteiger partial charge is 0.246 e. The van der Waals surface area contributed by atoms with Gasteiger partial charge in [-0.25, -0.2) is 13.4 Å². The zero-order valence-electron chi connectivity index (χ0n) is 15.4. The quantitative estimate of drug-likeness (QED) is 0.634. The minimum Gasteiger partial charge on any atom is -0.310 e. The molecule has 10 heteroatoms. The molecule has 0 bridgehead atoms. The number of aromatic nitrogens is 1. The molecule has 0 spiro atoms. The van der Waals surface area contributed by atoms with E-state index in [1.165, 1.54) is 16.6 Å². The highest BCUT2D eigenvalue weighted by Crippen LogP contribution is 2.38. The standard InChI is InChI=1S/C19H19Cl2N3O3S2/c20-14-3-4-16-15(12-14)24(10-11-28-16)19(25)13-5-8-23(9-6-13)29(26,27)17-2-1-7-22-18(17)21/h1-4,7,12-13H,5-6,8-11H2. The largest absolute Gasteiger partial charge is 0.310 e. The number of benzene rings is 1. The number of hydrogen-bond acceptors (Lipinski definition) is 5. The molecule has 2 aliphatic rings. The Kier molecular flexibility index (Phi) is 6.09. The number of fused-ring (bicyclic) bond motifs is 1. The summed E-state index contributed by atoms with van der Waals surface area (Å²) < 4.78 is 27.1. The molecule has 1 fully saturated rings. The molecule has 0 saturated carbocycles. The monoisotopic (exact) mass is 471 g/mol. The van der Waals surface area contributed by atoms with Crippen molar-refractivity contribution in [2.45, 2.75) is 22.6 Å². The first kappa shape index (κ1) is 20.9. The Morgan fingerprint density at radius 3 is 2.62 bits per heavy atom. The number of hydrogen-bond donors (Lipinski definition) is 0. The summed E-state index contributed by atoms with van der Waals surface area (Å²) in [6.45, 7) is 1.17. The Morgan fingerprint density at radius 1 is 1.14 bits per heavy atom. The summed E-state index contributed by atoms with van der Waals surface area (Å²) in [5, 5.41) is 0.559. The molecule has 2 aliphatic heterocycles. The highest BCUT2D eigenvalue weighted by atomic mass is 35.5. The van der Waals surface area contributed by atoms with E-state index in [0.29, 0.717) is 24.4 Å². The maximum atomic E-state index is 13.2. The first-order valence-electron chi connectivity index (χ1n) is 9.22. The summed E-state index contributed by atoms with van der Waals surface area (Å²) in [5.41, 5.74) is 0.843. The molecular formula is C19H19Cl2N3O3S2. The number of rotatable bonds is 3. The molecule has 1 aromatic carbocycles. The van der Waals surface area contributed by atoms with Crippen molar-refractivity contribution in [3.05, 3.63) is 46.7 Å². The molecule has 2 aromatic rings. The average Bonchev–Trinajstić information content (AvgIpc) is 2.73. The van der Waals surface area contributed by atoms with Gasteiger partial charge in [0, 0.05) is 47.4 Å². The van der Waals surface area contributed by atoms with Crippen LogP contribution in [0, 0.1) is 5.92 Å². The number of piperidine rings is 1. The summed E-state index contributed by atoms with van der Waals surface area (Å²) >= 11 is 13.8. The lowest BCUT2D eigenvalue weighted by molar-refractivity contribution is -0.123. The number of amides is 1. The maximum Gasteiger partial charge on any atom is 0.246 e. The van der Waals surface area contributed by atoms with E-state index in [1.54, 1.807) is 22.7 Å². The first-order valence-corrected chi connectivity index (χ1v) is 12.4. The van der Waals surface area contributed by atoms with Crippen LogP contribution < -0.4 is 4.90 Å². The molecule has 4 rings (SSSR count). The van der Waals surface area contributed by atoms with Gasteiger partial charge in [-0.3, -0.25) is 4.79 Å². The van der Waals surface area contributed by atoms with E-state index in [9.17, 15) is 13.2 Å². The van der Waals surface area contributed by atoms with Crippen LogP contribution in [-0.2, 0) is 14.8 Å². The number of nitrogens with zero attached hydrogens (tertiary/aromatic N) is 3. The van der Waals surface area contributed by atoms with Crippen molar-refractivity contribution in [3.8, 4) is 0 Å². The predicted octanol–water partition coefficient (Wildman–Crippen LogP) is 3.93. The van der Waals surface area contributed by atoms with E-state index in [0.717, 1.165) is 16.3 Å². The highest BCUT2D eigenvalue weighted by Gasteiger charge is 2.36. The molecule has 1 saturated heterocycles. The van der Waals surface area contributed by atoms with Crippen molar-refractivity contribution >= 4 is 56.6 Å². The third-order valence-corrected chi connectivity index (χ3v) is 8.82. The van der Waals surface area contributed by atoms with Gasteiger partial charge in [-0.1, -0.05) is 23.2 Å². The Balaban J connectivity index is 1.48. The number of carbonyl (C=O) groups is 1. The highest BCUT2D eigenvalue weighted by molar-refractivity contribution is 7.99. The third kappa shape index (κ3) is 4.14. The van der Waals surface area contributed by atoms with Crippen LogP contribution in [0.15, 0.2) is 46.3 Å². The van der Waals surface area contributed by atoms with Crippen molar-refractivity contribution in [1.82, 2.24) is 9.29 Å². The van der Waals surface area contributed by atoms with Gasteiger partial charge in [-0.2, -0.15) is 4.31 Å². The van der Waals surface area contributed by atoms with Gasteiger partial charge in [-0.15, -0.1) is 11.8 Å². The van der Waals surface area contributed by atoms with E-state index in [4.69, 9.17) is 23.2 Å². The second-order valence-corrected chi connectivity index (χ2v) is 10.8. The lowest BCUT2D eigenvalue weighted by Gasteiger charge is -2.35.